The summed E-state index contributed by atoms with van der Waals surface area (Å²) < 4.78 is 43.4. The van der Waals surface area contributed by atoms with Gasteiger partial charge in [-0.25, -0.2) is 13.2 Å². The van der Waals surface area contributed by atoms with Crippen LogP contribution in [-0.2, 0) is 22.5 Å². The zero-order valence-electron chi connectivity index (χ0n) is 9.75. The predicted octanol–water partition coefficient (Wildman–Crippen LogP) is 1.72. The number of nitrogens with zero attached hydrogens (tertiary/aromatic N) is 1. The summed E-state index contributed by atoms with van der Waals surface area (Å²) in [5.41, 5.74) is 4.21. The molecule has 0 amide bonds. The van der Waals surface area contributed by atoms with Gasteiger partial charge < -0.3 is 10.5 Å². The molecular formula is C11H13F3N2O2. The third-order valence-corrected chi connectivity index (χ3v) is 2.17. The molecular weight excluding hydrogens is 249 g/mol. The number of ether oxygens (including phenoxy) is 1. The van der Waals surface area contributed by atoms with Gasteiger partial charge in [0.25, 0.3) is 6.43 Å². The number of halogens is 3. The minimum absolute atomic E-state index is 0.103. The standard InChI is InChI=1S/C11H13F3N2O2/c1-2-18-9(17)4-8-10(12)7(11(13)14)3-6(5-15)16-8/h3,11H,2,4-5,15H2,1H3. The fraction of sp³-hybridized carbons (Fsp3) is 0.455. The topological polar surface area (TPSA) is 65.2 Å². The predicted molar refractivity (Wildman–Crippen MR) is 57.4 cm³/mol. The van der Waals surface area contributed by atoms with E-state index in [1.165, 1.54) is 0 Å². The highest BCUT2D eigenvalue weighted by atomic mass is 19.3. The van der Waals surface area contributed by atoms with E-state index in [0.717, 1.165) is 6.07 Å². The molecule has 4 nitrogen and oxygen atoms in total. The molecule has 100 valence electrons. The first kappa shape index (κ1) is 14.4. The van der Waals surface area contributed by atoms with Gasteiger partial charge in [0.1, 0.15) is 0 Å². The summed E-state index contributed by atoms with van der Waals surface area (Å²) >= 11 is 0. The van der Waals surface area contributed by atoms with Gasteiger partial charge in [-0.05, 0) is 13.0 Å². The Morgan fingerprint density at radius 1 is 1.56 bits per heavy atom. The van der Waals surface area contributed by atoms with Gasteiger partial charge >= 0.3 is 5.97 Å². The second-order valence-electron chi connectivity index (χ2n) is 3.45. The Morgan fingerprint density at radius 2 is 2.22 bits per heavy atom. The number of carbonyl (C=O) groups excluding carboxylic acids is 1. The fourth-order valence-electron chi connectivity index (χ4n) is 1.39. The monoisotopic (exact) mass is 262 g/mol. The average Bonchev–Trinajstić information content (AvgIpc) is 2.31. The van der Waals surface area contributed by atoms with Crippen molar-refractivity contribution >= 4 is 5.97 Å². The first-order valence-corrected chi connectivity index (χ1v) is 5.31. The van der Waals surface area contributed by atoms with Gasteiger partial charge in [-0.3, -0.25) is 9.78 Å². The minimum Gasteiger partial charge on any atom is -0.466 e. The molecule has 7 heteroatoms. The van der Waals surface area contributed by atoms with E-state index >= 15 is 0 Å². The molecule has 1 heterocycles. The summed E-state index contributed by atoms with van der Waals surface area (Å²) in [6, 6.07) is 0.897. The summed E-state index contributed by atoms with van der Waals surface area (Å²) in [5, 5.41) is 0. The van der Waals surface area contributed by atoms with E-state index in [-0.39, 0.29) is 24.5 Å². The quantitative estimate of drug-likeness (QED) is 0.820. The molecule has 0 saturated carbocycles. The van der Waals surface area contributed by atoms with Crippen molar-refractivity contribution in [1.29, 1.82) is 0 Å². The van der Waals surface area contributed by atoms with Crippen molar-refractivity contribution in [3.8, 4) is 0 Å². The lowest BCUT2D eigenvalue weighted by Gasteiger charge is -2.09. The largest absolute Gasteiger partial charge is 0.466 e. The summed E-state index contributed by atoms with van der Waals surface area (Å²) in [4.78, 5) is 14.9. The van der Waals surface area contributed by atoms with Crippen LogP contribution in [0.2, 0.25) is 0 Å². The molecule has 1 aromatic rings. The van der Waals surface area contributed by atoms with Crippen molar-refractivity contribution in [2.45, 2.75) is 26.3 Å². The van der Waals surface area contributed by atoms with Crippen molar-refractivity contribution in [3.05, 3.63) is 28.8 Å². The van der Waals surface area contributed by atoms with Crippen LogP contribution in [0.25, 0.3) is 0 Å². The first-order chi connectivity index (χ1) is 8.49. The van der Waals surface area contributed by atoms with Crippen molar-refractivity contribution in [1.82, 2.24) is 4.98 Å². The van der Waals surface area contributed by atoms with Gasteiger partial charge in [0.2, 0.25) is 0 Å². The maximum atomic E-state index is 13.6. The number of esters is 1. The Hall–Kier alpha value is -1.63. The van der Waals surface area contributed by atoms with Gasteiger partial charge in [0, 0.05) is 6.54 Å². The Morgan fingerprint density at radius 3 is 2.72 bits per heavy atom. The molecule has 0 aliphatic heterocycles. The minimum atomic E-state index is -2.99. The molecule has 1 aromatic heterocycles. The van der Waals surface area contributed by atoms with Crippen LogP contribution in [0, 0.1) is 5.82 Å². The summed E-state index contributed by atoms with van der Waals surface area (Å²) in [6.07, 6.45) is -3.48. The Balaban J connectivity index is 3.09. The molecule has 0 aliphatic carbocycles. The van der Waals surface area contributed by atoms with Crippen LogP contribution < -0.4 is 5.73 Å². The smallest absolute Gasteiger partial charge is 0.311 e. The average molecular weight is 262 g/mol. The highest BCUT2D eigenvalue weighted by Gasteiger charge is 2.21. The van der Waals surface area contributed by atoms with E-state index in [0.29, 0.717) is 0 Å². The molecule has 18 heavy (non-hydrogen) atoms. The zero-order valence-corrected chi connectivity index (χ0v) is 9.75. The number of alkyl halides is 2. The van der Waals surface area contributed by atoms with Gasteiger partial charge in [0.15, 0.2) is 5.82 Å². The molecule has 1 rings (SSSR count). The maximum absolute atomic E-state index is 13.6. The van der Waals surface area contributed by atoms with Crippen molar-refractivity contribution in [3.63, 3.8) is 0 Å². The van der Waals surface area contributed by atoms with Crippen LogP contribution in [0.3, 0.4) is 0 Å². The highest BCUT2D eigenvalue weighted by Crippen LogP contribution is 2.24. The Labute approximate surface area is 102 Å². The van der Waals surface area contributed by atoms with Crippen LogP contribution >= 0.6 is 0 Å². The lowest BCUT2D eigenvalue weighted by Crippen LogP contribution is -2.14. The number of carbonyl (C=O) groups is 1. The molecule has 2 N–H and O–H groups in total. The fourth-order valence-corrected chi connectivity index (χ4v) is 1.39. The normalized spacial score (nSPS) is 10.8. The third kappa shape index (κ3) is 3.43. The third-order valence-electron chi connectivity index (χ3n) is 2.17. The number of aromatic nitrogens is 1. The van der Waals surface area contributed by atoms with E-state index in [2.05, 4.69) is 9.72 Å². The number of hydrogen-bond acceptors (Lipinski definition) is 4. The second kappa shape index (κ2) is 6.34. The number of rotatable bonds is 5. The number of pyridine rings is 1. The zero-order chi connectivity index (χ0) is 13.7. The maximum Gasteiger partial charge on any atom is 0.311 e. The highest BCUT2D eigenvalue weighted by molar-refractivity contribution is 5.72. The molecule has 0 spiro atoms. The molecule has 0 aromatic carbocycles. The van der Waals surface area contributed by atoms with Crippen LogP contribution in [0.4, 0.5) is 13.2 Å². The molecule has 0 unspecified atom stereocenters. The van der Waals surface area contributed by atoms with Gasteiger partial charge in [0.05, 0.1) is 30.0 Å². The molecule has 0 aliphatic rings. The Bertz CT molecular complexity index is 439. The summed E-state index contributed by atoms with van der Waals surface area (Å²) in [7, 11) is 0. The molecule has 0 fully saturated rings. The van der Waals surface area contributed by atoms with E-state index in [1.54, 1.807) is 6.92 Å². The van der Waals surface area contributed by atoms with Gasteiger partial charge in [-0.2, -0.15) is 0 Å². The molecule has 0 saturated heterocycles. The van der Waals surface area contributed by atoms with E-state index in [9.17, 15) is 18.0 Å². The molecule has 0 atom stereocenters. The SMILES string of the molecule is CCOC(=O)Cc1nc(CN)cc(C(F)F)c1F. The summed E-state index contributed by atoms with van der Waals surface area (Å²) in [6.45, 7) is 1.59. The van der Waals surface area contributed by atoms with Crippen LogP contribution in [0.1, 0.15) is 30.3 Å². The van der Waals surface area contributed by atoms with E-state index in [1.807, 2.05) is 0 Å². The van der Waals surface area contributed by atoms with Crippen LogP contribution in [0.5, 0.6) is 0 Å². The van der Waals surface area contributed by atoms with Crippen LogP contribution in [-0.4, -0.2) is 17.6 Å². The van der Waals surface area contributed by atoms with Crippen molar-refractivity contribution in [2.24, 2.45) is 5.73 Å². The first-order valence-electron chi connectivity index (χ1n) is 5.31. The number of hydrogen-bond donors (Lipinski definition) is 1. The van der Waals surface area contributed by atoms with Crippen molar-refractivity contribution < 1.29 is 22.7 Å². The number of nitrogens with two attached hydrogens (primary N) is 1. The van der Waals surface area contributed by atoms with Gasteiger partial charge in [-0.1, -0.05) is 0 Å². The van der Waals surface area contributed by atoms with Crippen molar-refractivity contribution in [2.75, 3.05) is 6.61 Å². The lowest BCUT2D eigenvalue weighted by atomic mass is 10.1. The summed E-state index contributed by atoms with van der Waals surface area (Å²) in [5.74, 6) is -1.91. The Kier molecular flexibility index (Phi) is 5.08. The van der Waals surface area contributed by atoms with Gasteiger partial charge in [-0.15, -0.1) is 0 Å². The van der Waals surface area contributed by atoms with E-state index in [4.69, 9.17) is 5.73 Å². The lowest BCUT2D eigenvalue weighted by molar-refractivity contribution is -0.142. The second-order valence-corrected chi connectivity index (χ2v) is 3.45. The van der Waals surface area contributed by atoms with Crippen LogP contribution in [0.15, 0.2) is 6.07 Å². The van der Waals surface area contributed by atoms with E-state index < -0.39 is 30.2 Å². The molecule has 0 bridgehead atoms. The molecule has 0 radical (unpaired) electrons.